The third kappa shape index (κ3) is 3.20. The van der Waals surface area contributed by atoms with Gasteiger partial charge in [-0.2, -0.15) is 0 Å². The molecule has 0 spiro atoms. The first-order valence-electron chi connectivity index (χ1n) is 5.26. The molecule has 2 unspecified atom stereocenters. The van der Waals surface area contributed by atoms with Gasteiger partial charge in [-0.15, -0.1) is 0 Å². The summed E-state index contributed by atoms with van der Waals surface area (Å²) in [5, 5.41) is 11.7. The number of carboxylic acids is 1. The van der Waals surface area contributed by atoms with Crippen molar-refractivity contribution in [2.24, 2.45) is 5.92 Å². The highest BCUT2D eigenvalue weighted by Crippen LogP contribution is 2.12. The molecule has 1 fully saturated rings. The monoisotopic (exact) mass is 214 g/mol. The van der Waals surface area contributed by atoms with E-state index < -0.39 is 11.9 Å². The van der Waals surface area contributed by atoms with Crippen LogP contribution >= 0.6 is 0 Å². The molecular weight excluding hydrogens is 196 g/mol. The van der Waals surface area contributed by atoms with Crippen LogP contribution in [0.2, 0.25) is 0 Å². The van der Waals surface area contributed by atoms with Gasteiger partial charge in [-0.1, -0.05) is 6.92 Å². The van der Waals surface area contributed by atoms with Crippen LogP contribution in [0.25, 0.3) is 0 Å². The molecule has 1 rings (SSSR count). The summed E-state index contributed by atoms with van der Waals surface area (Å²) in [4.78, 5) is 24.0. The van der Waals surface area contributed by atoms with Crippen molar-refractivity contribution < 1.29 is 14.7 Å². The second-order valence-corrected chi connectivity index (χ2v) is 4.04. The normalized spacial score (nSPS) is 22.7. The average Bonchev–Trinajstić information content (AvgIpc) is 2.40. The first kappa shape index (κ1) is 12.0. The Balaban J connectivity index is 2.60. The van der Waals surface area contributed by atoms with Gasteiger partial charge in [0.25, 0.3) is 0 Å². The molecule has 1 aliphatic rings. The molecule has 2 atom stereocenters. The highest BCUT2D eigenvalue weighted by Gasteiger charge is 2.27. The smallest absolute Gasteiger partial charge is 0.307 e. The highest BCUT2D eigenvalue weighted by atomic mass is 16.4. The van der Waals surface area contributed by atoms with Crippen LogP contribution in [-0.4, -0.2) is 47.6 Å². The van der Waals surface area contributed by atoms with Gasteiger partial charge in [-0.25, -0.2) is 0 Å². The molecule has 1 aliphatic heterocycles. The fraction of sp³-hybridized carbons (Fsp3) is 0.800. The molecule has 5 heteroatoms. The van der Waals surface area contributed by atoms with Gasteiger partial charge in [0, 0.05) is 19.1 Å². The van der Waals surface area contributed by atoms with E-state index in [4.69, 9.17) is 5.11 Å². The van der Waals surface area contributed by atoms with Gasteiger partial charge in [0.2, 0.25) is 5.91 Å². The van der Waals surface area contributed by atoms with E-state index in [1.807, 2.05) is 11.8 Å². The Bertz CT molecular complexity index is 255. The van der Waals surface area contributed by atoms with Gasteiger partial charge in [0.15, 0.2) is 0 Å². The molecule has 1 heterocycles. The predicted octanol–water partition coefficient (Wildman–Crippen LogP) is -0.0825. The Morgan fingerprint density at radius 3 is 2.80 bits per heavy atom. The van der Waals surface area contributed by atoms with E-state index in [-0.39, 0.29) is 11.9 Å². The summed E-state index contributed by atoms with van der Waals surface area (Å²) in [6.45, 7) is 5.30. The average molecular weight is 214 g/mol. The van der Waals surface area contributed by atoms with Crippen LogP contribution in [0.1, 0.15) is 20.3 Å². The maximum Gasteiger partial charge on any atom is 0.307 e. The fourth-order valence-electron chi connectivity index (χ4n) is 1.70. The zero-order valence-corrected chi connectivity index (χ0v) is 9.19. The molecule has 0 saturated carbocycles. The lowest BCUT2D eigenvalue weighted by Gasteiger charge is -2.29. The Hall–Kier alpha value is -1.10. The third-order valence-electron chi connectivity index (χ3n) is 2.98. The number of carboxylic acid groups (broad SMARTS) is 1. The van der Waals surface area contributed by atoms with Crippen LogP contribution < -0.4 is 5.32 Å². The minimum atomic E-state index is -0.813. The van der Waals surface area contributed by atoms with Crippen molar-refractivity contribution in [3.05, 3.63) is 0 Å². The Kier molecular flexibility index (Phi) is 4.08. The lowest BCUT2D eigenvalue weighted by molar-refractivity contribution is -0.143. The molecule has 5 nitrogen and oxygen atoms in total. The number of aliphatic carboxylic acids is 1. The minimum Gasteiger partial charge on any atom is -0.481 e. The number of hydrogen-bond donors (Lipinski definition) is 2. The van der Waals surface area contributed by atoms with Gasteiger partial charge in [0.1, 0.15) is 0 Å². The van der Waals surface area contributed by atoms with Crippen LogP contribution in [0.15, 0.2) is 0 Å². The lowest BCUT2D eigenvalue weighted by atomic mass is 10.0. The van der Waals surface area contributed by atoms with Crippen LogP contribution in [0.3, 0.4) is 0 Å². The van der Waals surface area contributed by atoms with Crippen molar-refractivity contribution in [3.63, 3.8) is 0 Å². The van der Waals surface area contributed by atoms with E-state index in [2.05, 4.69) is 5.32 Å². The van der Waals surface area contributed by atoms with Gasteiger partial charge in [-0.3, -0.25) is 14.5 Å². The van der Waals surface area contributed by atoms with E-state index in [0.717, 1.165) is 13.0 Å². The summed E-state index contributed by atoms with van der Waals surface area (Å²) in [7, 11) is 0. The molecule has 0 radical (unpaired) electrons. The molecule has 0 aliphatic carbocycles. The van der Waals surface area contributed by atoms with Gasteiger partial charge in [0.05, 0.1) is 12.5 Å². The van der Waals surface area contributed by atoms with Crippen molar-refractivity contribution >= 4 is 11.9 Å². The molecule has 0 aromatic rings. The second kappa shape index (κ2) is 5.11. The van der Waals surface area contributed by atoms with Crippen LogP contribution in [0.5, 0.6) is 0 Å². The van der Waals surface area contributed by atoms with E-state index in [0.29, 0.717) is 13.1 Å². The molecule has 2 N–H and O–H groups in total. The first-order chi connectivity index (χ1) is 7.02. The second-order valence-electron chi connectivity index (χ2n) is 4.04. The van der Waals surface area contributed by atoms with E-state index >= 15 is 0 Å². The largest absolute Gasteiger partial charge is 0.481 e. The molecule has 1 amide bonds. The van der Waals surface area contributed by atoms with E-state index in [1.54, 1.807) is 6.92 Å². The van der Waals surface area contributed by atoms with Crippen molar-refractivity contribution in [2.75, 3.05) is 19.6 Å². The summed E-state index contributed by atoms with van der Waals surface area (Å²) in [5.74, 6) is -1.28. The summed E-state index contributed by atoms with van der Waals surface area (Å²) in [6, 6.07) is -0.105. The van der Waals surface area contributed by atoms with Crippen LogP contribution in [-0.2, 0) is 9.59 Å². The quantitative estimate of drug-likeness (QED) is 0.689. The Labute approximate surface area is 89.4 Å². The third-order valence-corrected chi connectivity index (χ3v) is 2.98. The maximum atomic E-state index is 11.3. The van der Waals surface area contributed by atoms with E-state index in [9.17, 15) is 9.59 Å². The molecule has 0 aromatic carbocycles. The summed E-state index contributed by atoms with van der Waals surface area (Å²) in [5.41, 5.74) is 0. The van der Waals surface area contributed by atoms with Crippen molar-refractivity contribution in [1.82, 2.24) is 10.2 Å². The number of nitrogens with zero attached hydrogens (tertiary/aromatic N) is 1. The minimum absolute atomic E-state index is 0.0167. The fourth-order valence-corrected chi connectivity index (χ4v) is 1.70. The summed E-state index contributed by atoms with van der Waals surface area (Å²) >= 11 is 0. The van der Waals surface area contributed by atoms with Crippen molar-refractivity contribution in [1.29, 1.82) is 0 Å². The molecule has 0 bridgehead atoms. The number of rotatable bonds is 3. The zero-order valence-electron chi connectivity index (χ0n) is 9.19. The van der Waals surface area contributed by atoms with Gasteiger partial charge in [-0.05, 0) is 13.3 Å². The van der Waals surface area contributed by atoms with Crippen LogP contribution in [0.4, 0.5) is 0 Å². The topological polar surface area (TPSA) is 69.6 Å². The molecule has 1 saturated heterocycles. The maximum absolute atomic E-state index is 11.3. The highest BCUT2D eigenvalue weighted by molar-refractivity contribution is 5.78. The number of nitrogens with one attached hydrogen (secondary N) is 1. The van der Waals surface area contributed by atoms with Crippen molar-refractivity contribution in [2.45, 2.75) is 26.3 Å². The van der Waals surface area contributed by atoms with Crippen molar-refractivity contribution in [3.8, 4) is 0 Å². The first-order valence-corrected chi connectivity index (χ1v) is 5.26. The number of hydrogen-bond acceptors (Lipinski definition) is 3. The standard InChI is InChI=1S/C10H18N2O3/c1-7(10(14)15)8(2)12-5-3-4-11-9(13)6-12/h7-8H,3-6H2,1-2H3,(H,11,13)(H,14,15). The Morgan fingerprint density at radius 2 is 2.20 bits per heavy atom. The molecule has 0 aromatic heterocycles. The molecule has 86 valence electrons. The Morgan fingerprint density at radius 1 is 1.53 bits per heavy atom. The SMILES string of the molecule is CC(C(=O)O)C(C)N1CCCNC(=O)C1. The zero-order chi connectivity index (χ0) is 11.4. The van der Waals surface area contributed by atoms with Gasteiger partial charge >= 0.3 is 5.97 Å². The molecule has 15 heavy (non-hydrogen) atoms. The number of carbonyl (C=O) groups excluding carboxylic acids is 1. The molecular formula is C10H18N2O3. The summed E-state index contributed by atoms with van der Waals surface area (Å²) < 4.78 is 0. The number of amides is 1. The number of carbonyl (C=O) groups is 2. The summed E-state index contributed by atoms with van der Waals surface area (Å²) in [6.07, 6.45) is 0.877. The van der Waals surface area contributed by atoms with Crippen LogP contribution in [0, 0.1) is 5.92 Å². The van der Waals surface area contributed by atoms with Gasteiger partial charge < -0.3 is 10.4 Å². The van der Waals surface area contributed by atoms with E-state index in [1.165, 1.54) is 0 Å². The predicted molar refractivity (Wildman–Crippen MR) is 55.5 cm³/mol. The lowest BCUT2D eigenvalue weighted by Crippen LogP contribution is -2.43.